The SMILES string of the molecule is CCCC(=O)NC1=C(C(=O)OCC)C(c2ccccc2)c2c(ccc3ccccc23)O1. The first-order chi connectivity index (χ1) is 15.1. The van der Waals surface area contributed by atoms with E-state index >= 15 is 0 Å². The highest BCUT2D eigenvalue weighted by Gasteiger charge is 2.38. The van der Waals surface area contributed by atoms with Crippen molar-refractivity contribution in [1.82, 2.24) is 5.32 Å². The Hall–Kier alpha value is -3.60. The lowest BCUT2D eigenvalue weighted by Gasteiger charge is -2.31. The molecule has 3 aromatic carbocycles. The fourth-order valence-electron chi connectivity index (χ4n) is 4.01. The lowest BCUT2D eigenvalue weighted by Crippen LogP contribution is -2.34. The monoisotopic (exact) mass is 415 g/mol. The van der Waals surface area contributed by atoms with E-state index in [2.05, 4.69) is 5.32 Å². The number of fused-ring (bicyclic) bond motifs is 3. The van der Waals surface area contributed by atoms with Crippen LogP contribution in [-0.4, -0.2) is 18.5 Å². The average Bonchev–Trinajstić information content (AvgIpc) is 2.79. The Bertz CT molecular complexity index is 1150. The van der Waals surface area contributed by atoms with Gasteiger partial charge in [0.05, 0.1) is 12.5 Å². The van der Waals surface area contributed by atoms with Gasteiger partial charge < -0.3 is 9.47 Å². The van der Waals surface area contributed by atoms with E-state index in [1.54, 1.807) is 6.92 Å². The normalized spacial score (nSPS) is 15.2. The van der Waals surface area contributed by atoms with Crippen LogP contribution >= 0.6 is 0 Å². The highest BCUT2D eigenvalue weighted by molar-refractivity contribution is 5.97. The summed E-state index contributed by atoms with van der Waals surface area (Å²) < 4.78 is 11.5. The maximum atomic E-state index is 13.2. The number of hydrogen-bond acceptors (Lipinski definition) is 4. The highest BCUT2D eigenvalue weighted by atomic mass is 16.5. The van der Waals surface area contributed by atoms with Crippen LogP contribution in [0, 0.1) is 0 Å². The Morgan fingerprint density at radius 1 is 0.968 bits per heavy atom. The van der Waals surface area contributed by atoms with Gasteiger partial charge in [-0.15, -0.1) is 0 Å². The van der Waals surface area contributed by atoms with Crippen molar-refractivity contribution in [2.45, 2.75) is 32.6 Å². The maximum Gasteiger partial charge on any atom is 0.340 e. The van der Waals surface area contributed by atoms with Crippen molar-refractivity contribution in [2.24, 2.45) is 0 Å². The van der Waals surface area contributed by atoms with E-state index in [0.29, 0.717) is 24.2 Å². The summed E-state index contributed by atoms with van der Waals surface area (Å²) in [5.74, 6) is -0.370. The standard InChI is InChI=1S/C26H25NO4/c1-3-10-21(28)27-25-24(26(29)30-4-2)22(18-12-6-5-7-13-18)23-19-14-9-8-11-17(19)15-16-20(23)31-25/h5-9,11-16,22H,3-4,10H2,1-2H3,(H,27,28). The number of nitrogens with one attached hydrogen (secondary N) is 1. The van der Waals surface area contributed by atoms with Crippen LogP contribution in [-0.2, 0) is 14.3 Å². The van der Waals surface area contributed by atoms with Crippen molar-refractivity contribution >= 4 is 22.6 Å². The lowest BCUT2D eigenvalue weighted by molar-refractivity contribution is -0.139. The third kappa shape index (κ3) is 4.04. The molecule has 0 saturated heterocycles. The molecule has 1 N–H and O–H groups in total. The second kappa shape index (κ2) is 9.04. The van der Waals surface area contributed by atoms with Crippen LogP contribution in [0.4, 0.5) is 0 Å². The highest BCUT2D eigenvalue weighted by Crippen LogP contribution is 2.46. The molecule has 4 rings (SSSR count). The van der Waals surface area contributed by atoms with Gasteiger partial charge in [0, 0.05) is 12.0 Å². The smallest absolute Gasteiger partial charge is 0.340 e. The zero-order valence-corrected chi connectivity index (χ0v) is 17.7. The zero-order valence-electron chi connectivity index (χ0n) is 17.7. The Balaban J connectivity index is 1.98. The van der Waals surface area contributed by atoms with Crippen LogP contribution in [0.15, 0.2) is 78.2 Å². The van der Waals surface area contributed by atoms with Crippen molar-refractivity contribution in [2.75, 3.05) is 6.61 Å². The van der Waals surface area contributed by atoms with E-state index in [4.69, 9.17) is 9.47 Å². The first-order valence-corrected chi connectivity index (χ1v) is 10.6. The fourth-order valence-corrected chi connectivity index (χ4v) is 4.01. The second-order valence-electron chi connectivity index (χ2n) is 7.41. The first kappa shape index (κ1) is 20.7. The predicted molar refractivity (Wildman–Crippen MR) is 120 cm³/mol. The Labute approximate surface area is 181 Å². The molecule has 0 aliphatic carbocycles. The number of benzene rings is 3. The van der Waals surface area contributed by atoms with E-state index in [9.17, 15) is 9.59 Å². The summed E-state index contributed by atoms with van der Waals surface area (Å²) in [7, 11) is 0. The largest absolute Gasteiger partial charge is 0.462 e. The number of ether oxygens (including phenoxy) is 2. The van der Waals surface area contributed by atoms with Gasteiger partial charge in [-0.05, 0) is 35.7 Å². The van der Waals surface area contributed by atoms with Gasteiger partial charge in [-0.2, -0.15) is 0 Å². The van der Waals surface area contributed by atoms with E-state index in [1.807, 2.05) is 73.7 Å². The summed E-state index contributed by atoms with van der Waals surface area (Å²) in [5.41, 5.74) is 2.12. The quantitative estimate of drug-likeness (QED) is 0.572. The molecule has 0 bridgehead atoms. The molecule has 1 heterocycles. The molecule has 0 fully saturated rings. The molecule has 1 amide bonds. The molecule has 5 nitrogen and oxygen atoms in total. The molecule has 0 saturated carbocycles. The van der Waals surface area contributed by atoms with Gasteiger partial charge in [0.15, 0.2) is 0 Å². The number of esters is 1. The molecule has 0 aromatic heterocycles. The number of carbonyl (C=O) groups excluding carboxylic acids is 2. The third-order valence-electron chi connectivity index (χ3n) is 5.32. The summed E-state index contributed by atoms with van der Waals surface area (Å²) >= 11 is 0. The summed E-state index contributed by atoms with van der Waals surface area (Å²) in [6.45, 7) is 3.91. The maximum absolute atomic E-state index is 13.2. The van der Waals surface area contributed by atoms with Crippen LogP contribution < -0.4 is 10.1 Å². The summed E-state index contributed by atoms with van der Waals surface area (Å²) in [4.78, 5) is 25.6. The minimum absolute atomic E-state index is 0.147. The van der Waals surface area contributed by atoms with Crippen molar-refractivity contribution in [1.29, 1.82) is 0 Å². The Morgan fingerprint density at radius 2 is 1.71 bits per heavy atom. The van der Waals surface area contributed by atoms with Crippen LogP contribution in [0.3, 0.4) is 0 Å². The zero-order chi connectivity index (χ0) is 21.8. The van der Waals surface area contributed by atoms with Crippen LogP contribution in [0.2, 0.25) is 0 Å². The molecule has 1 unspecified atom stereocenters. The van der Waals surface area contributed by atoms with Crippen LogP contribution in [0.1, 0.15) is 43.7 Å². The third-order valence-corrected chi connectivity index (χ3v) is 5.32. The van der Waals surface area contributed by atoms with Crippen molar-refractivity contribution < 1.29 is 19.1 Å². The van der Waals surface area contributed by atoms with Gasteiger partial charge in [-0.3, -0.25) is 10.1 Å². The van der Waals surface area contributed by atoms with Gasteiger partial charge >= 0.3 is 5.97 Å². The first-order valence-electron chi connectivity index (χ1n) is 10.6. The van der Waals surface area contributed by atoms with Gasteiger partial charge in [-0.1, -0.05) is 67.6 Å². The van der Waals surface area contributed by atoms with E-state index < -0.39 is 11.9 Å². The predicted octanol–water partition coefficient (Wildman–Crippen LogP) is 5.06. The Kier molecular flexibility index (Phi) is 6.03. The summed E-state index contributed by atoms with van der Waals surface area (Å²) in [5, 5.41) is 4.86. The molecule has 31 heavy (non-hydrogen) atoms. The molecule has 1 aliphatic rings. The number of carbonyl (C=O) groups is 2. The number of hydrogen-bond donors (Lipinski definition) is 1. The van der Waals surface area contributed by atoms with Crippen LogP contribution in [0.5, 0.6) is 5.75 Å². The minimum Gasteiger partial charge on any atom is -0.462 e. The minimum atomic E-state index is -0.498. The molecule has 0 spiro atoms. The van der Waals surface area contributed by atoms with Gasteiger partial charge in [0.1, 0.15) is 11.3 Å². The van der Waals surface area contributed by atoms with Crippen molar-refractivity contribution in [3.05, 3.63) is 89.3 Å². The van der Waals surface area contributed by atoms with Gasteiger partial charge in [0.25, 0.3) is 0 Å². The number of rotatable bonds is 6. The van der Waals surface area contributed by atoms with E-state index in [0.717, 1.165) is 21.9 Å². The number of amides is 1. The van der Waals surface area contributed by atoms with Gasteiger partial charge in [-0.25, -0.2) is 4.79 Å². The van der Waals surface area contributed by atoms with Crippen LogP contribution in [0.25, 0.3) is 10.8 Å². The molecule has 3 aromatic rings. The molecular formula is C26H25NO4. The molecule has 158 valence electrons. The Morgan fingerprint density at radius 3 is 2.45 bits per heavy atom. The topological polar surface area (TPSA) is 64.6 Å². The molecule has 0 radical (unpaired) electrons. The molecule has 1 atom stereocenters. The average molecular weight is 415 g/mol. The second-order valence-corrected chi connectivity index (χ2v) is 7.41. The van der Waals surface area contributed by atoms with Gasteiger partial charge in [0.2, 0.25) is 11.8 Å². The molecule has 1 aliphatic heterocycles. The summed E-state index contributed by atoms with van der Waals surface area (Å²) in [6, 6.07) is 21.6. The fraction of sp³-hybridized carbons (Fsp3) is 0.231. The van der Waals surface area contributed by atoms with E-state index in [-0.39, 0.29) is 18.4 Å². The lowest BCUT2D eigenvalue weighted by atomic mass is 9.80. The van der Waals surface area contributed by atoms with Crippen molar-refractivity contribution in [3.63, 3.8) is 0 Å². The summed E-state index contributed by atoms with van der Waals surface area (Å²) in [6.07, 6.45) is 1.03. The van der Waals surface area contributed by atoms with Crippen molar-refractivity contribution in [3.8, 4) is 5.75 Å². The molecule has 5 heteroatoms. The molecular weight excluding hydrogens is 390 g/mol. The van der Waals surface area contributed by atoms with E-state index in [1.165, 1.54) is 0 Å².